The van der Waals surface area contributed by atoms with Gasteiger partial charge in [0.05, 0.1) is 13.2 Å². The maximum atomic E-state index is 13.0. The highest BCUT2D eigenvalue weighted by atomic mass is 16.5. The van der Waals surface area contributed by atoms with Crippen LogP contribution in [0, 0.1) is 5.41 Å². The number of morpholine rings is 1. The Morgan fingerprint density at radius 2 is 1.50 bits per heavy atom. The van der Waals surface area contributed by atoms with Crippen molar-refractivity contribution in [3.05, 3.63) is 42.0 Å². The molecule has 0 saturated carbocycles. The van der Waals surface area contributed by atoms with Gasteiger partial charge in [-0.15, -0.1) is 0 Å². The molecule has 0 aromatic heterocycles. The predicted molar refractivity (Wildman–Crippen MR) is 110 cm³/mol. The van der Waals surface area contributed by atoms with Crippen LogP contribution in [-0.2, 0) is 14.3 Å². The van der Waals surface area contributed by atoms with Crippen LogP contribution in [-0.4, -0.2) is 85.5 Å². The molecule has 2 saturated heterocycles. The Balaban J connectivity index is 1.48. The Bertz CT molecular complexity index is 688. The van der Waals surface area contributed by atoms with E-state index in [-0.39, 0.29) is 11.8 Å². The number of carbonyl (C=O) groups excluding carboxylic acids is 2. The lowest BCUT2D eigenvalue weighted by molar-refractivity contribution is -0.157. The summed E-state index contributed by atoms with van der Waals surface area (Å²) in [6.07, 6.45) is 4.29. The Hall–Kier alpha value is -2.18. The number of piperazine rings is 1. The first kappa shape index (κ1) is 20.6. The molecule has 2 heterocycles. The maximum absolute atomic E-state index is 13.0. The van der Waals surface area contributed by atoms with Crippen molar-refractivity contribution in [3.8, 4) is 0 Å². The Kier molecular flexibility index (Phi) is 6.86. The lowest BCUT2D eigenvalue weighted by atomic mass is 9.89. The largest absolute Gasteiger partial charge is 0.378 e. The molecule has 2 amide bonds. The highest BCUT2D eigenvalue weighted by Crippen LogP contribution is 2.24. The van der Waals surface area contributed by atoms with Gasteiger partial charge in [-0.2, -0.15) is 0 Å². The molecule has 0 aliphatic carbocycles. The molecule has 0 atom stereocenters. The quantitative estimate of drug-likeness (QED) is 0.725. The molecule has 2 aliphatic rings. The van der Waals surface area contributed by atoms with E-state index in [1.165, 1.54) is 5.56 Å². The second kappa shape index (κ2) is 9.34. The lowest BCUT2D eigenvalue weighted by Crippen LogP contribution is -2.57. The van der Waals surface area contributed by atoms with Crippen molar-refractivity contribution in [1.29, 1.82) is 0 Å². The van der Waals surface area contributed by atoms with Gasteiger partial charge < -0.3 is 14.5 Å². The van der Waals surface area contributed by atoms with Gasteiger partial charge in [0.1, 0.15) is 5.41 Å². The summed E-state index contributed by atoms with van der Waals surface area (Å²) >= 11 is 0. The second-order valence-corrected chi connectivity index (χ2v) is 7.94. The van der Waals surface area contributed by atoms with Crippen molar-refractivity contribution in [3.63, 3.8) is 0 Å². The van der Waals surface area contributed by atoms with E-state index in [1.807, 2.05) is 23.1 Å². The van der Waals surface area contributed by atoms with Crippen molar-refractivity contribution in [2.24, 2.45) is 5.41 Å². The summed E-state index contributed by atoms with van der Waals surface area (Å²) < 4.78 is 5.31. The summed E-state index contributed by atoms with van der Waals surface area (Å²) in [5.41, 5.74) is 0.173. The summed E-state index contributed by atoms with van der Waals surface area (Å²) in [6, 6.07) is 10.2. The Morgan fingerprint density at radius 1 is 0.929 bits per heavy atom. The molecular formula is C22H31N3O3. The topological polar surface area (TPSA) is 53.1 Å². The molecule has 0 radical (unpaired) electrons. The molecule has 0 bridgehead atoms. The summed E-state index contributed by atoms with van der Waals surface area (Å²) in [6.45, 7) is 9.58. The third-order valence-corrected chi connectivity index (χ3v) is 5.50. The Morgan fingerprint density at radius 3 is 2.11 bits per heavy atom. The molecule has 6 heteroatoms. The molecular weight excluding hydrogens is 354 g/mol. The highest BCUT2D eigenvalue weighted by Gasteiger charge is 2.42. The van der Waals surface area contributed by atoms with Crippen molar-refractivity contribution in [2.45, 2.75) is 13.8 Å². The number of amides is 2. The van der Waals surface area contributed by atoms with Crippen LogP contribution in [0.25, 0.3) is 6.08 Å². The van der Waals surface area contributed by atoms with Crippen molar-refractivity contribution >= 4 is 17.9 Å². The van der Waals surface area contributed by atoms with Gasteiger partial charge in [-0.05, 0) is 19.4 Å². The van der Waals surface area contributed by atoms with Crippen LogP contribution >= 0.6 is 0 Å². The molecule has 0 N–H and O–H groups in total. The molecule has 1 aromatic rings. The van der Waals surface area contributed by atoms with Crippen LogP contribution in [0.2, 0.25) is 0 Å². The fraction of sp³-hybridized carbons (Fsp3) is 0.545. The smallest absolute Gasteiger partial charge is 0.237 e. The predicted octanol–water partition coefficient (Wildman–Crippen LogP) is 1.73. The second-order valence-electron chi connectivity index (χ2n) is 7.94. The molecule has 2 aliphatic heterocycles. The normalized spacial score (nSPS) is 19.2. The molecule has 1 aromatic carbocycles. The van der Waals surface area contributed by atoms with Gasteiger partial charge in [0.2, 0.25) is 11.8 Å². The first-order valence-corrected chi connectivity index (χ1v) is 10.1. The molecule has 6 nitrogen and oxygen atoms in total. The third-order valence-electron chi connectivity index (χ3n) is 5.50. The van der Waals surface area contributed by atoms with E-state index in [9.17, 15) is 9.59 Å². The summed E-state index contributed by atoms with van der Waals surface area (Å²) in [5.74, 6) is -0.155. The first-order chi connectivity index (χ1) is 13.5. The summed E-state index contributed by atoms with van der Waals surface area (Å²) in [5, 5.41) is 0. The van der Waals surface area contributed by atoms with Crippen LogP contribution in [0.1, 0.15) is 19.4 Å². The van der Waals surface area contributed by atoms with Crippen LogP contribution in [0.4, 0.5) is 0 Å². The molecule has 0 unspecified atom stereocenters. The fourth-order valence-corrected chi connectivity index (χ4v) is 3.68. The highest BCUT2D eigenvalue weighted by molar-refractivity contribution is 6.04. The van der Waals surface area contributed by atoms with Gasteiger partial charge in [0.25, 0.3) is 0 Å². The summed E-state index contributed by atoms with van der Waals surface area (Å²) in [4.78, 5) is 31.8. The zero-order chi connectivity index (χ0) is 20.0. The number of hydrogen-bond acceptors (Lipinski definition) is 4. The van der Waals surface area contributed by atoms with Crippen LogP contribution < -0.4 is 0 Å². The van der Waals surface area contributed by atoms with E-state index < -0.39 is 5.41 Å². The van der Waals surface area contributed by atoms with E-state index in [2.05, 4.69) is 29.2 Å². The number of benzene rings is 1. The number of carbonyl (C=O) groups is 2. The fourth-order valence-electron chi connectivity index (χ4n) is 3.68. The first-order valence-electron chi connectivity index (χ1n) is 10.1. The molecule has 152 valence electrons. The SMILES string of the molecule is CC(C)(C(=O)N1CCOCC1)C(=O)N1CCN(C/C=C/c2ccccc2)CC1. The standard InChI is InChI=1S/C22H31N3O3/c1-22(2,21(27)25-15-17-28-18-16-25)20(26)24-13-11-23(12-14-24)10-6-9-19-7-4-3-5-8-19/h3-9H,10-18H2,1-2H3/b9-6+. The van der Waals surface area contributed by atoms with Gasteiger partial charge in [0.15, 0.2) is 0 Å². The average Bonchev–Trinajstić information content (AvgIpc) is 2.74. The van der Waals surface area contributed by atoms with Crippen molar-refractivity contribution in [1.82, 2.24) is 14.7 Å². The van der Waals surface area contributed by atoms with Gasteiger partial charge in [0, 0.05) is 45.8 Å². The van der Waals surface area contributed by atoms with E-state index in [1.54, 1.807) is 18.7 Å². The zero-order valence-corrected chi connectivity index (χ0v) is 17.0. The van der Waals surface area contributed by atoms with Crippen molar-refractivity contribution < 1.29 is 14.3 Å². The molecule has 2 fully saturated rings. The molecule has 28 heavy (non-hydrogen) atoms. The molecule has 0 spiro atoms. The number of nitrogens with zero attached hydrogens (tertiary/aromatic N) is 3. The van der Waals surface area contributed by atoms with Gasteiger partial charge in [-0.3, -0.25) is 14.5 Å². The summed E-state index contributed by atoms with van der Waals surface area (Å²) in [7, 11) is 0. The minimum absolute atomic E-state index is 0.0662. The Labute approximate surface area is 167 Å². The van der Waals surface area contributed by atoms with Gasteiger partial charge in [-0.25, -0.2) is 0 Å². The minimum Gasteiger partial charge on any atom is -0.378 e. The lowest BCUT2D eigenvalue weighted by Gasteiger charge is -2.39. The van der Waals surface area contributed by atoms with E-state index in [0.717, 1.165) is 19.6 Å². The number of ether oxygens (including phenoxy) is 1. The van der Waals surface area contributed by atoms with E-state index in [4.69, 9.17) is 4.74 Å². The number of hydrogen-bond donors (Lipinski definition) is 0. The van der Waals surface area contributed by atoms with Crippen molar-refractivity contribution in [2.75, 3.05) is 59.0 Å². The average molecular weight is 386 g/mol. The minimum atomic E-state index is -1.02. The van der Waals surface area contributed by atoms with Crippen LogP contribution in [0.5, 0.6) is 0 Å². The van der Waals surface area contributed by atoms with E-state index in [0.29, 0.717) is 39.4 Å². The maximum Gasteiger partial charge on any atom is 0.237 e. The monoisotopic (exact) mass is 385 g/mol. The molecule has 3 rings (SSSR count). The van der Waals surface area contributed by atoms with Crippen LogP contribution in [0.15, 0.2) is 36.4 Å². The third kappa shape index (κ3) is 5.00. The van der Waals surface area contributed by atoms with E-state index >= 15 is 0 Å². The number of rotatable bonds is 5. The van der Waals surface area contributed by atoms with Gasteiger partial charge >= 0.3 is 0 Å². The van der Waals surface area contributed by atoms with Crippen LogP contribution in [0.3, 0.4) is 0 Å². The zero-order valence-electron chi connectivity index (χ0n) is 17.0. The van der Waals surface area contributed by atoms with Gasteiger partial charge in [-0.1, -0.05) is 42.5 Å².